The van der Waals surface area contributed by atoms with Gasteiger partial charge in [0, 0.05) is 17.5 Å². The molecular weight excluding hydrogens is 209 g/mol. The van der Waals surface area contributed by atoms with Crippen LogP contribution in [-0.2, 0) is 6.61 Å². The van der Waals surface area contributed by atoms with E-state index in [1.807, 2.05) is 19.9 Å². The second-order valence-corrected chi connectivity index (χ2v) is 3.60. The molecule has 84 valence electrons. The molecule has 0 bridgehead atoms. The molecule has 0 unspecified atom stereocenters. The standard InChI is InChI=1S/C11H12FN3O/c1-7-5-8(2)15(14-7)11-10(12)9(6-16)3-4-13-11/h3-5,16H,6H2,1-2H3. The molecule has 0 aliphatic heterocycles. The lowest BCUT2D eigenvalue weighted by molar-refractivity contribution is 0.275. The molecule has 2 aromatic heterocycles. The number of hydrogen-bond acceptors (Lipinski definition) is 3. The Bertz CT molecular complexity index is 522. The maximum Gasteiger partial charge on any atom is 0.190 e. The zero-order valence-electron chi connectivity index (χ0n) is 9.11. The summed E-state index contributed by atoms with van der Waals surface area (Å²) in [5.74, 6) is -0.409. The summed E-state index contributed by atoms with van der Waals surface area (Å²) < 4.78 is 15.3. The minimum atomic E-state index is -0.531. The molecule has 0 saturated carbocycles. The molecule has 0 saturated heterocycles. The lowest BCUT2D eigenvalue weighted by Gasteiger charge is -2.06. The third-order valence-electron chi connectivity index (χ3n) is 2.33. The normalized spacial score (nSPS) is 10.8. The highest BCUT2D eigenvalue weighted by Gasteiger charge is 2.13. The Morgan fingerprint density at radius 2 is 2.19 bits per heavy atom. The molecule has 0 amide bonds. The van der Waals surface area contributed by atoms with E-state index in [4.69, 9.17) is 5.11 Å². The van der Waals surface area contributed by atoms with Gasteiger partial charge >= 0.3 is 0 Å². The first-order chi connectivity index (χ1) is 7.63. The van der Waals surface area contributed by atoms with Crippen LogP contribution in [0.4, 0.5) is 4.39 Å². The predicted octanol–water partition coefficient (Wildman–Crippen LogP) is 1.52. The summed E-state index contributed by atoms with van der Waals surface area (Å²) in [6.45, 7) is 3.31. The molecule has 0 spiro atoms. The van der Waals surface area contributed by atoms with Crippen LogP contribution in [0.1, 0.15) is 17.0 Å². The molecule has 0 radical (unpaired) electrons. The number of halogens is 1. The largest absolute Gasteiger partial charge is 0.392 e. The molecule has 4 nitrogen and oxygen atoms in total. The molecule has 0 aromatic carbocycles. The van der Waals surface area contributed by atoms with E-state index in [1.54, 1.807) is 0 Å². The van der Waals surface area contributed by atoms with E-state index in [1.165, 1.54) is 16.9 Å². The lowest BCUT2D eigenvalue weighted by Crippen LogP contribution is -2.07. The summed E-state index contributed by atoms with van der Waals surface area (Å²) in [6.07, 6.45) is 1.46. The molecule has 0 atom stereocenters. The molecule has 2 rings (SSSR count). The van der Waals surface area contributed by atoms with Crippen molar-refractivity contribution in [3.05, 3.63) is 41.1 Å². The Kier molecular flexibility index (Phi) is 2.70. The zero-order chi connectivity index (χ0) is 11.7. The number of nitrogens with zero attached hydrogens (tertiary/aromatic N) is 3. The first kappa shape index (κ1) is 10.8. The summed E-state index contributed by atoms with van der Waals surface area (Å²) in [7, 11) is 0. The van der Waals surface area contributed by atoms with Gasteiger partial charge in [0.2, 0.25) is 0 Å². The van der Waals surface area contributed by atoms with Crippen LogP contribution in [-0.4, -0.2) is 19.9 Å². The van der Waals surface area contributed by atoms with Gasteiger partial charge < -0.3 is 5.11 Å². The summed E-state index contributed by atoms with van der Waals surface area (Å²) in [5, 5.41) is 13.1. The highest BCUT2D eigenvalue weighted by Crippen LogP contribution is 2.16. The number of aryl methyl sites for hydroxylation is 2. The second kappa shape index (κ2) is 4.02. The summed E-state index contributed by atoms with van der Waals surface area (Å²) in [4.78, 5) is 3.95. The van der Waals surface area contributed by atoms with Crippen LogP contribution >= 0.6 is 0 Å². The van der Waals surface area contributed by atoms with Crippen molar-refractivity contribution in [3.8, 4) is 5.82 Å². The van der Waals surface area contributed by atoms with Crippen molar-refractivity contribution in [3.63, 3.8) is 0 Å². The molecule has 2 aromatic rings. The first-order valence-corrected chi connectivity index (χ1v) is 4.91. The van der Waals surface area contributed by atoms with Gasteiger partial charge in [-0.05, 0) is 26.0 Å². The van der Waals surface area contributed by atoms with Gasteiger partial charge in [0.15, 0.2) is 11.6 Å². The average Bonchev–Trinajstić information content (AvgIpc) is 2.58. The second-order valence-electron chi connectivity index (χ2n) is 3.60. The number of aromatic nitrogens is 3. The number of aliphatic hydroxyl groups excluding tert-OH is 1. The molecule has 2 heterocycles. The predicted molar refractivity (Wildman–Crippen MR) is 56.7 cm³/mol. The zero-order valence-corrected chi connectivity index (χ0v) is 9.11. The molecule has 0 fully saturated rings. The van der Waals surface area contributed by atoms with E-state index in [0.29, 0.717) is 0 Å². The van der Waals surface area contributed by atoms with E-state index in [-0.39, 0.29) is 18.0 Å². The number of aliphatic hydroxyl groups is 1. The third kappa shape index (κ3) is 1.69. The van der Waals surface area contributed by atoms with Gasteiger partial charge in [-0.25, -0.2) is 14.1 Å². The Balaban J connectivity index is 2.60. The van der Waals surface area contributed by atoms with Gasteiger partial charge in [0.1, 0.15) is 0 Å². The maximum absolute atomic E-state index is 13.9. The van der Waals surface area contributed by atoms with Gasteiger partial charge in [-0.3, -0.25) is 0 Å². The van der Waals surface area contributed by atoms with Crippen LogP contribution in [0, 0.1) is 19.7 Å². The maximum atomic E-state index is 13.9. The van der Waals surface area contributed by atoms with E-state index in [0.717, 1.165) is 11.4 Å². The first-order valence-electron chi connectivity index (χ1n) is 4.91. The Labute approximate surface area is 92.4 Å². The van der Waals surface area contributed by atoms with Gasteiger partial charge in [-0.2, -0.15) is 5.10 Å². The molecule has 1 N–H and O–H groups in total. The van der Waals surface area contributed by atoms with Crippen molar-refractivity contribution in [2.75, 3.05) is 0 Å². The lowest BCUT2D eigenvalue weighted by atomic mass is 10.2. The average molecular weight is 221 g/mol. The van der Waals surface area contributed by atoms with Crippen molar-refractivity contribution in [2.45, 2.75) is 20.5 Å². The molecular formula is C11H12FN3O. The molecule has 5 heteroatoms. The summed E-state index contributed by atoms with van der Waals surface area (Å²) in [6, 6.07) is 3.29. The molecule has 16 heavy (non-hydrogen) atoms. The Morgan fingerprint density at radius 1 is 1.44 bits per heavy atom. The summed E-state index contributed by atoms with van der Waals surface area (Å²) >= 11 is 0. The van der Waals surface area contributed by atoms with E-state index in [2.05, 4.69) is 10.1 Å². The van der Waals surface area contributed by atoms with Crippen LogP contribution in [0.3, 0.4) is 0 Å². The van der Waals surface area contributed by atoms with Gasteiger partial charge in [0.05, 0.1) is 12.3 Å². The number of pyridine rings is 1. The number of hydrogen-bond donors (Lipinski definition) is 1. The van der Waals surface area contributed by atoms with Crippen molar-refractivity contribution >= 4 is 0 Å². The van der Waals surface area contributed by atoms with Crippen molar-refractivity contribution in [2.24, 2.45) is 0 Å². The monoisotopic (exact) mass is 221 g/mol. The SMILES string of the molecule is Cc1cc(C)n(-c2nccc(CO)c2F)n1. The topological polar surface area (TPSA) is 50.9 Å². The third-order valence-corrected chi connectivity index (χ3v) is 2.33. The number of rotatable bonds is 2. The Hall–Kier alpha value is -1.75. The fourth-order valence-electron chi connectivity index (χ4n) is 1.58. The van der Waals surface area contributed by atoms with Crippen molar-refractivity contribution < 1.29 is 9.50 Å². The minimum absolute atomic E-state index is 0.122. The van der Waals surface area contributed by atoms with Crippen LogP contribution in [0.25, 0.3) is 5.82 Å². The molecule has 0 aliphatic carbocycles. The Morgan fingerprint density at radius 3 is 2.75 bits per heavy atom. The van der Waals surface area contributed by atoms with Crippen LogP contribution in [0.2, 0.25) is 0 Å². The smallest absolute Gasteiger partial charge is 0.190 e. The van der Waals surface area contributed by atoms with E-state index in [9.17, 15) is 4.39 Å². The minimum Gasteiger partial charge on any atom is -0.392 e. The van der Waals surface area contributed by atoms with Crippen molar-refractivity contribution in [1.29, 1.82) is 0 Å². The fourth-order valence-corrected chi connectivity index (χ4v) is 1.58. The van der Waals surface area contributed by atoms with Gasteiger partial charge in [0.25, 0.3) is 0 Å². The van der Waals surface area contributed by atoms with Gasteiger partial charge in [-0.1, -0.05) is 0 Å². The van der Waals surface area contributed by atoms with Crippen LogP contribution in [0.15, 0.2) is 18.3 Å². The van der Waals surface area contributed by atoms with Crippen molar-refractivity contribution in [1.82, 2.24) is 14.8 Å². The summed E-state index contributed by atoms with van der Waals surface area (Å²) in [5.41, 5.74) is 1.82. The van der Waals surface area contributed by atoms with E-state index >= 15 is 0 Å². The van der Waals surface area contributed by atoms with Crippen LogP contribution < -0.4 is 0 Å². The van der Waals surface area contributed by atoms with Gasteiger partial charge in [-0.15, -0.1) is 0 Å². The van der Waals surface area contributed by atoms with E-state index < -0.39 is 5.82 Å². The molecule has 0 aliphatic rings. The highest BCUT2D eigenvalue weighted by molar-refractivity contribution is 5.31. The van der Waals surface area contributed by atoms with Crippen LogP contribution in [0.5, 0.6) is 0 Å². The fraction of sp³-hybridized carbons (Fsp3) is 0.273. The quantitative estimate of drug-likeness (QED) is 0.836. The highest BCUT2D eigenvalue weighted by atomic mass is 19.1.